The summed E-state index contributed by atoms with van der Waals surface area (Å²) >= 11 is 3.35. The Morgan fingerprint density at radius 1 is 1.09 bits per heavy atom. The first kappa shape index (κ1) is 24.6. The Balaban J connectivity index is 1.69. The Bertz CT molecular complexity index is 1260. The van der Waals surface area contributed by atoms with Gasteiger partial charge in [0.1, 0.15) is 5.75 Å². The number of benzene rings is 3. The molecule has 1 N–H and O–H groups in total. The topological polar surface area (TPSA) is 120 Å². The molecular formula is C24H20BrN3O6. The predicted molar refractivity (Wildman–Crippen MR) is 129 cm³/mol. The van der Waals surface area contributed by atoms with Crippen molar-refractivity contribution in [3.05, 3.63) is 98.0 Å². The maximum atomic E-state index is 12.6. The number of halogens is 1. The van der Waals surface area contributed by atoms with Crippen LogP contribution in [0.25, 0.3) is 0 Å². The average Bonchev–Trinajstić information content (AvgIpc) is 2.81. The molecule has 34 heavy (non-hydrogen) atoms. The number of nitrogens with one attached hydrogen (secondary N) is 1. The highest BCUT2D eigenvalue weighted by molar-refractivity contribution is 9.10. The number of rotatable bonds is 8. The van der Waals surface area contributed by atoms with Gasteiger partial charge >= 0.3 is 11.7 Å². The fourth-order valence-corrected chi connectivity index (χ4v) is 3.26. The van der Waals surface area contributed by atoms with E-state index >= 15 is 0 Å². The minimum absolute atomic E-state index is 0.0310. The van der Waals surface area contributed by atoms with Gasteiger partial charge < -0.3 is 9.47 Å². The molecule has 0 fully saturated rings. The lowest BCUT2D eigenvalue weighted by molar-refractivity contribution is -0.386. The van der Waals surface area contributed by atoms with Gasteiger partial charge in [-0.2, -0.15) is 5.10 Å². The van der Waals surface area contributed by atoms with Gasteiger partial charge in [-0.05, 0) is 49.7 Å². The molecule has 9 nitrogen and oxygen atoms in total. The number of amides is 1. The molecule has 0 aliphatic heterocycles. The lowest BCUT2D eigenvalue weighted by Crippen LogP contribution is -2.33. The molecule has 0 radical (unpaired) electrons. The van der Waals surface area contributed by atoms with Crippen molar-refractivity contribution in [3.63, 3.8) is 0 Å². The summed E-state index contributed by atoms with van der Waals surface area (Å²) in [4.78, 5) is 35.5. The summed E-state index contributed by atoms with van der Waals surface area (Å²) < 4.78 is 11.7. The van der Waals surface area contributed by atoms with E-state index in [1.165, 1.54) is 31.3 Å². The fraction of sp³-hybridized carbons (Fsp3) is 0.125. The number of carbonyl (C=O) groups is 2. The van der Waals surface area contributed by atoms with E-state index in [-0.39, 0.29) is 17.2 Å². The van der Waals surface area contributed by atoms with E-state index in [0.29, 0.717) is 15.6 Å². The largest absolute Gasteiger partial charge is 0.474 e. The number of esters is 1. The first-order valence-corrected chi connectivity index (χ1v) is 10.9. The second kappa shape index (κ2) is 11.2. The van der Waals surface area contributed by atoms with Gasteiger partial charge in [0, 0.05) is 16.1 Å². The second-order valence-corrected chi connectivity index (χ2v) is 8.02. The van der Waals surface area contributed by atoms with Crippen LogP contribution in [0.2, 0.25) is 0 Å². The van der Waals surface area contributed by atoms with E-state index in [1.54, 1.807) is 36.4 Å². The van der Waals surface area contributed by atoms with E-state index in [2.05, 4.69) is 26.5 Å². The summed E-state index contributed by atoms with van der Waals surface area (Å²) in [6.45, 7) is 3.25. The van der Waals surface area contributed by atoms with Gasteiger partial charge in [0.05, 0.1) is 16.7 Å². The number of ether oxygens (including phenoxy) is 2. The molecular weight excluding hydrogens is 506 g/mol. The van der Waals surface area contributed by atoms with Crippen LogP contribution in [0, 0.1) is 17.0 Å². The van der Waals surface area contributed by atoms with Crippen LogP contribution >= 0.6 is 15.9 Å². The standard InChI is InChI=1S/C24H20BrN3O6/c1-15-7-3-4-8-19(15)24(30)34-21-12-11-18(25)13-17(21)14-26-27-23(29)16(2)33-22-10-6-5-9-20(22)28(31)32/h3-14,16H,1-2H3,(H,27,29)/b26-14-/t16-/m0/s1. The van der Waals surface area contributed by atoms with Gasteiger partial charge in [0.2, 0.25) is 0 Å². The molecule has 0 aliphatic rings. The Morgan fingerprint density at radius 3 is 2.53 bits per heavy atom. The number of hydrogen-bond acceptors (Lipinski definition) is 7. The summed E-state index contributed by atoms with van der Waals surface area (Å²) in [6, 6.07) is 17.8. The minimum Gasteiger partial charge on any atom is -0.474 e. The number of nitro benzene ring substituents is 1. The monoisotopic (exact) mass is 525 g/mol. The normalized spacial score (nSPS) is 11.6. The van der Waals surface area contributed by atoms with Gasteiger partial charge in [0.15, 0.2) is 11.9 Å². The lowest BCUT2D eigenvalue weighted by atomic mass is 10.1. The minimum atomic E-state index is -1.06. The SMILES string of the molecule is Cc1ccccc1C(=O)Oc1ccc(Br)cc1/C=N\NC(=O)[C@H](C)Oc1ccccc1[N+](=O)[O-]. The molecule has 0 saturated carbocycles. The fourth-order valence-electron chi connectivity index (χ4n) is 2.88. The molecule has 10 heteroatoms. The van der Waals surface area contributed by atoms with Gasteiger partial charge in [0.25, 0.3) is 5.91 Å². The zero-order valence-electron chi connectivity index (χ0n) is 18.2. The number of carbonyl (C=O) groups excluding carboxylic acids is 2. The van der Waals surface area contributed by atoms with Crippen molar-refractivity contribution in [2.45, 2.75) is 20.0 Å². The van der Waals surface area contributed by atoms with E-state index < -0.39 is 22.9 Å². The second-order valence-electron chi connectivity index (χ2n) is 7.11. The van der Waals surface area contributed by atoms with Crippen LogP contribution in [0.4, 0.5) is 5.69 Å². The maximum Gasteiger partial charge on any atom is 0.343 e. The van der Waals surface area contributed by atoms with E-state index in [9.17, 15) is 19.7 Å². The Hall–Kier alpha value is -4.05. The smallest absolute Gasteiger partial charge is 0.343 e. The van der Waals surface area contributed by atoms with Crippen molar-refractivity contribution < 1.29 is 24.0 Å². The van der Waals surface area contributed by atoms with Crippen LogP contribution < -0.4 is 14.9 Å². The number of nitrogens with zero attached hydrogens (tertiary/aromatic N) is 2. The quantitative estimate of drug-likeness (QED) is 0.148. The van der Waals surface area contributed by atoms with Gasteiger partial charge in [-0.25, -0.2) is 10.2 Å². The van der Waals surface area contributed by atoms with Crippen molar-refractivity contribution in [2.24, 2.45) is 5.10 Å². The summed E-state index contributed by atoms with van der Waals surface area (Å²) in [7, 11) is 0. The Morgan fingerprint density at radius 2 is 1.79 bits per heavy atom. The van der Waals surface area contributed by atoms with Crippen molar-refractivity contribution >= 4 is 39.7 Å². The first-order chi connectivity index (χ1) is 16.3. The molecule has 0 unspecified atom stereocenters. The third-order valence-electron chi connectivity index (χ3n) is 4.65. The van der Waals surface area contributed by atoms with E-state index in [1.807, 2.05) is 19.1 Å². The zero-order valence-corrected chi connectivity index (χ0v) is 19.8. The Labute approximate surface area is 203 Å². The van der Waals surface area contributed by atoms with Crippen LogP contribution in [0.5, 0.6) is 11.5 Å². The first-order valence-electron chi connectivity index (χ1n) is 10.1. The summed E-state index contributed by atoms with van der Waals surface area (Å²) in [5.74, 6) is -0.927. The molecule has 3 aromatic carbocycles. The molecule has 0 spiro atoms. The van der Waals surface area contributed by atoms with Gasteiger partial charge in [-0.1, -0.05) is 46.3 Å². The number of aryl methyl sites for hydroxylation is 1. The Kier molecular flexibility index (Phi) is 8.10. The van der Waals surface area contributed by atoms with Crippen molar-refractivity contribution in [2.75, 3.05) is 0 Å². The van der Waals surface area contributed by atoms with Crippen molar-refractivity contribution in [1.29, 1.82) is 0 Å². The van der Waals surface area contributed by atoms with E-state index in [4.69, 9.17) is 9.47 Å². The zero-order chi connectivity index (χ0) is 24.7. The van der Waals surface area contributed by atoms with Crippen LogP contribution in [-0.4, -0.2) is 29.1 Å². The number of nitro groups is 1. The highest BCUT2D eigenvalue weighted by atomic mass is 79.9. The van der Waals surface area contributed by atoms with Crippen LogP contribution in [0.1, 0.15) is 28.4 Å². The molecule has 0 saturated heterocycles. The third kappa shape index (κ3) is 6.26. The predicted octanol–water partition coefficient (Wildman–Crippen LogP) is 4.80. The van der Waals surface area contributed by atoms with Crippen LogP contribution in [0.3, 0.4) is 0 Å². The van der Waals surface area contributed by atoms with Crippen LogP contribution in [0.15, 0.2) is 76.3 Å². The molecule has 0 heterocycles. The van der Waals surface area contributed by atoms with Crippen molar-refractivity contribution in [3.8, 4) is 11.5 Å². The summed E-state index contributed by atoms with van der Waals surface area (Å²) in [5.41, 5.74) is 3.72. The summed E-state index contributed by atoms with van der Waals surface area (Å²) in [6.07, 6.45) is 0.264. The molecule has 1 amide bonds. The molecule has 3 rings (SSSR count). The van der Waals surface area contributed by atoms with Crippen molar-refractivity contribution in [1.82, 2.24) is 5.43 Å². The molecule has 3 aromatic rings. The van der Waals surface area contributed by atoms with Gasteiger partial charge in [-0.3, -0.25) is 14.9 Å². The molecule has 174 valence electrons. The van der Waals surface area contributed by atoms with Crippen LogP contribution in [-0.2, 0) is 4.79 Å². The maximum absolute atomic E-state index is 12.6. The van der Waals surface area contributed by atoms with Gasteiger partial charge in [-0.15, -0.1) is 0 Å². The van der Waals surface area contributed by atoms with E-state index in [0.717, 1.165) is 5.56 Å². The lowest BCUT2D eigenvalue weighted by Gasteiger charge is -2.13. The molecule has 0 aromatic heterocycles. The third-order valence-corrected chi connectivity index (χ3v) is 5.15. The molecule has 1 atom stereocenters. The number of hydrazone groups is 1. The highest BCUT2D eigenvalue weighted by Crippen LogP contribution is 2.27. The summed E-state index contributed by atoms with van der Waals surface area (Å²) in [5, 5.41) is 15.0. The highest BCUT2D eigenvalue weighted by Gasteiger charge is 2.20. The molecule has 0 aliphatic carbocycles. The number of hydrogen-bond donors (Lipinski definition) is 1. The number of para-hydroxylation sites is 2. The molecule has 0 bridgehead atoms. The average molecular weight is 526 g/mol.